The summed E-state index contributed by atoms with van der Waals surface area (Å²) < 4.78 is 100. The van der Waals surface area contributed by atoms with E-state index in [1.54, 1.807) is 6.07 Å². The molecule has 37 heavy (non-hydrogen) atoms. The number of unbranched alkanes of at least 4 members (excludes halogenated alkanes) is 1. The highest BCUT2D eigenvalue weighted by Crippen LogP contribution is 2.46. The Morgan fingerprint density at radius 3 is 2.51 bits per heavy atom. The molecule has 0 saturated carbocycles. The lowest BCUT2D eigenvalue weighted by Gasteiger charge is -2.38. The molecule has 0 radical (unpaired) electrons. The van der Waals surface area contributed by atoms with Crippen molar-refractivity contribution in [1.29, 1.82) is 0 Å². The van der Waals surface area contributed by atoms with Crippen molar-refractivity contribution in [2.75, 3.05) is 18.0 Å². The molecule has 0 bridgehead atoms. The molecular weight excluding hydrogens is 515 g/mol. The molecule has 11 heteroatoms. The van der Waals surface area contributed by atoms with E-state index in [4.69, 9.17) is 4.74 Å². The minimum absolute atomic E-state index is 0.142. The number of benzene rings is 2. The number of aryl methyl sites for hydroxylation is 1. The van der Waals surface area contributed by atoms with Gasteiger partial charge in [-0.3, -0.25) is 9.11 Å². The van der Waals surface area contributed by atoms with Crippen molar-refractivity contribution < 1.29 is 35.1 Å². The standard InChI is InChI=1S/C26H25F5N2O3S/c1-25(20-10-8-18(26(29,30)31)15-17(20)5-2-3-13-27)12-14-36-22-16-19(9-11-21(22)25)37(34,35)33-24-7-4-6-23(28)32-24/h4,6-11,15-16H,2-3,5,12-14H2,1H3,(H,32,33)/t25-/m0/s1. The normalized spacial score (nSPS) is 17.7. The van der Waals surface area contributed by atoms with E-state index in [0.29, 0.717) is 29.5 Å². The predicted octanol–water partition coefficient (Wildman–Crippen LogP) is 6.42. The molecule has 198 valence electrons. The molecule has 0 spiro atoms. The highest BCUT2D eigenvalue weighted by atomic mass is 32.2. The van der Waals surface area contributed by atoms with E-state index in [1.165, 1.54) is 30.3 Å². The molecule has 0 amide bonds. The van der Waals surface area contributed by atoms with E-state index in [2.05, 4.69) is 9.71 Å². The van der Waals surface area contributed by atoms with E-state index in [9.17, 15) is 30.4 Å². The number of hydrogen-bond donors (Lipinski definition) is 1. The third-order valence-corrected chi connectivity index (χ3v) is 7.88. The third-order valence-electron chi connectivity index (χ3n) is 6.53. The van der Waals surface area contributed by atoms with Crippen LogP contribution in [0.25, 0.3) is 0 Å². The van der Waals surface area contributed by atoms with Gasteiger partial charge < -0.3 is 4.74 Å². The lowest BCUT2D eigenvalue weighted by Crippen LogP contribution is -2.32. The van der Waals surface area contributed by atoms with Crippen LogP contribution in [0.15, 0.2) is 59.5 Å². The number of pyridine rings is 1. The lowest BCUT2D eigenvalue weighted by molar-refractivity contribution is -0.137. The summed E-state index contributed by atoms with van der Waals surface area (Å²) in [6, 6.07) is 11.6. The first-order chi connectivity index (χ1) is 17.4. The number of aromatic nitrogens is 1. The molecule has 0 fully saturated rings. The highest BCUT2D eigenvalue weighted by molar-refractivity contribution is 7.92. The second-order valence-corrected chi connectivity index (χ2v) is 10.7. The van der Waals surface area contributed by atoms with E-state index in [0.717, 1.165) is 18.2 Å². The van der Waals surface area contributed by atoms with Gasteiger partial charge in [-0.25, -0.2) is 13.4 Å². The van der Waals surface area contributed by atoms with E-state index in [-0.39, 0.29) is 35.9 Å². The van der Waals surface area contributed by atoms with Crippen LogP contribution in [-0.4, -0.2) is 26.7 Å². The third kappa shape index (κ3) is 5.71. The van der Waals surface area contributed by atoms with Gasteiger partial charge in [0.2, 0.25) is 5.95 Å². The number of nitrogens with one attached hydrogen (secondary N) is 1. The Morgan fingerprint density at radius 2 is 1.81 bits per heavy atom. The summed E-state index contributed by atoms with van der Waals surface area (Å²) in [6.07, 6.45) is -3.18. The van der Waals surface area contributed by atoms with E-state index in [1.807, 2.05) is 6.92 Å². The van der Waals surface area contributed by atoms with E-state index < -0.39 is 39.8 Å². The zero-order valence-electron chi connectivity index (χ0n) is 19.9. The van der Waals surface area contributed by atoms with Crippen LogP contribution >= 0.6 is 0 Å². The summed E-state index contributed by atoms with van der Waals surface area (Å²) in [5, 5.41) is 0. The van der Waals surface area contributed by atoms with Crippen LogP contribution < -0.4 is 9.46 Å². The van der Waals surface area contributed by atoms with Crippen molar-refractivity contribution in [2.24, 2.45) is 0 Å². The number of nitrogens with zero attached hydrogens (tertiary/aromatic N) is 1. The Kier molecular flexibility index (Phi) is 7.45. The van der Waals surface area contributed by atoms with Crippen molar-refractivity contribution in [1.82, 2.24) is 4.98 Å². The fourth-order valence-corrected chi connectivity index (χ4v) is 5.63. The average Bonchev–Trinajstić information content (AvgIpc) is 2.83. The Labute approximate surface area is 211 Å². The first-order valence-corrected chi connectivity index (χ1v) is 13.1. The topological polar surface area (TPSA) is 68.3 Å². The van der Waals surface area contributed by atoms with Gasteiger partial charge in [-0.05, 0) is 67.1 Å². The summed E-state index contributed by atoms with van der Waals surface area (Å²) in [5.41, 5.74) is 0.187. The molecule has 1 aliphatic rings. The summed E-state index contributed by atoms with van der Waals surface area (Å²) >= 11 is 0. The maximum Gasteiger partial charge on any atom is 0.416 e. The Hall–Kier alpha value is -3.21. The van der Waals surface area contributed by atoms with Gasteiger partial charge in [-0.15, -0.1) is 0 Å². The van der Waals surface area contributed by atoms with Crippen LogP contribution in [0.1, 0.15) is 48.4 Å². The number of anilines is 1. The van der Waals surface area contributed by atoms with Gasteiger partial charge in [0.15, 0.2) is 0 Å². The largest absolute Gasteiger partial charge is 0.493 e. The molecule has 0 unspecified atom stereocenters. The van der Waals surface area contributed by atoms with Crippen LogP contribution in [-0.2, 0) is 28.0 Å². The predicted molar refractivity (Wildman–Crippen MR) is 128 cm³/mol. The number of alkyl halides is 4. The first kappa shape index (κ1) is 26.8. The molecule has 1 aliphatic heterocycles. The minimum atomic E-state index is -4.52. The van der Waals surface area contributed by atoms with Crippen molar-refractivity contribution in [3.63, 3.8) is 0 Å². The van der Waals surface area contributed by atoms with Crippen molar-refractivity contribution in [3.8, 4) is 5.75 Å². The van der Waals surface area contributed by atoms with Crippen LogP contribution in [0, 0.1) is 5.95 Å². The van der Waals surface area contributed by atoms with Crippen LogP contribution in [0.5, 0.6) is 5.75 Å². The van der Waals surface area contributed by atoms with Gasteiger partial charge in [0.1, 0.15) is 11.6 Å². The van der Waals surface area contributed by atoms with Crippen molar-refractivity contribution in [3.05, 3.63) is 82.8 Å². The molecule has 1 N–H and O–H groups in total. The SMILES string of the molecule is C[C@@]1(c2ccc(C(F)(F)F)cc2CCCCF)CCOc2cc(S(=O)(=O)Nc3cccc(F)n3)ccc21. The minimum Gasteiger partial charge on any atom is -0.493 e. The van der Waals surface area contributed by atoms with Gasteiger partial charge >= 0.3 is 6.18 Å². The zero-order valence-corrected chi connectivity index (χ0v) is 20.7. The maximum absolute atomic E-state index is 13.4. The summed E-state index contributed by atoms with van der Waals surface area (Å²) in [6.45, 7) is 1.52. The van der Waals surface area contributed by atoms with Gasteiger partial charge in [0, 0.05) is 17.0 Å². The maximum atomic E-state index is 13.4. The second kappa shape index (κ2) is 10.3. The Morgan fingerprint density at radius 1 is 1.05 bits per heavy atom. The van der Waals surface area contributed by atoms with Crippen molar-refractivity contribution >= 4 is 15.8 Å². The van der Waals surface area contributed by atoms with Crippen LogP contribution in [0.2, 0.25) is 0 Å². The van der Waals surface area contributed by atoms with Crippen LogP contribution in [0.3, 0.4) is 0 Å². The molecule has 5 nitrogen and oxygen atoms in total. The number of sulfonamides is 1. The molecule has 3 aromatic rings. The molecule has 1 atom stereocenters. The lowest BCUT2D eigenvalue weighted by atomic mass is 9.70. The number of hydrogen-bond acceptors (Lipinski definition) is 4. The van der Waals surface area contributed by atoms with E-state index >= 15 is 0 Å². The zero-order chi connectivity index (χ0) is 26.8. The molecule has 2 heterocycles. The smallest absolute Gasteiger partial charge is 0.416 e. The van der Waals surface area contributed by atoms with Gasteiger partial charge in [-0.2, -0.15) is 17.6 Å². The summed E-state index contributed by atoms with van der Waals surface area (Å²) in [4.78, 5) is 3.37. The van der Waals surface area contributed by atoms with Gasteiger partial charge in [-0.1, -0.05) is 25.1 Å². The molecule has 0 aliphatic carbocycles. The monoisotopic (exact) mass is 540 g/mol. The Balaban J connectivity index is 1.73. The molecular formula is C26H25F5N2O3S. The quantitative estimate of drug-likeness (QED) is 0.203. The molecule has 2 aromatic carbocycles. The number of ether oxygens (including phenoxy) is 1. The van der Waals surface area contributed by atoms with Crippen molar-refractivity contribution in [2.45, 2.75) is 49.1 Å². The summed E-state index contributed by atoms with van der Waals surface area (Å²) in [7, 11) is -4.13. The molecule has 0 saturated heterocycles. The summed E-state index contributed by atoms with van der Waals surface area (Å²) in [5.74, 6) is -0.756. The van der Waals surface area contributed by atoms with Crippen LogP contribution in [0.4, 0.5) is 27.8 Å². The second-order valence-electron chi connectivity index (χ2n) is 9.06. The highest BCUT2D eigenvalue weighted by Gasteiger charge is 2.39. The average molecular weight is 541 g/mol. The fourth-order valence-electron chi connectivity index (χ4n) is 4.61. The Bertz CT molecular complexity index is 1400. The first-order valence-electron chi connectivity index (χ1n) is 11.6. The number of rotatable bonds is 8. The fraction of sp³-hybridized carbons (Fsp3) is 0.346. The number of halogens is 5. The number of fused-ring (bicyclic) bond motifs is 1. The van der Waals surface area contributed by atoms with Gasteiger partial charge in [0.05, 0.1) is 23.7 Å². The molecule has 4 rings (SSSR count). The van der Waals surface area contributed by atoms with Gasteiger partial charge in [0.25, 0.3) is 10.0 Å². The molecule has 1 aromatic heterocycles.